The van der Waals surface area contributed by atoms with E-state index in [0.717, 1.165) is 4.73 Å². The second-order valence-corrected chi connectivity index (χ2v) is 11.5. The summed E-state index contributed by atoms with van der Waals surface area (Å²) >= 11 is -2.84. The Bertz CT molecular complexity index is 224. The summed E-state index contributed by atoms with van der Waals surface area (Å²) in [6.07, 6.45) is 19.4. The fraction of sp³-hybridized carbons (Fsp3) is 1.00. The Balaban J connectivity index is 3.25. The Kier molecular flexibility index (Phi) is 17.9. The third kappa shape index (κ3) is 13.5. The predicted molar refractivity (Wildman–Crippen MR) is 96.1 cm³/mol. The molecule has 140 valence electrons. The fourth-order valence-electron chi connectivity index (χ4n) is 3.09. The first-order valence-corrected chi connectivity index (χ1v) is 12.9. The van der Waals surface area contributed by atoms with E-state index < -0.39 is 17.8 Å². The van der Waals surface area contributed by atoms with Gasteiger partial charge in [0.25, 0.3) is 0 Å². The van der Waals surface area contributed by atoms with Crippen molar-refractivity contribution in [3.05, 3.63) is 0 Å². The van der Waals surface area contributed by atoms with E-state index in [1.54, 1.807) is 21.3 Å². The Labute approximate surface area is 150 Å². The maximum absolute atomic E-state index is 5.49. The molecule has 0 spiro atoms. The van der Waals surface area contributed by atoms with E-state index in [-0.39, 0.29) is 0 Å². The van der Waals surface area contributed by atoms with Crippen LogP contribution in [0.5, 0.6) is 0 Å². The molecule has 0 aromatic carbocycles. The van der Waals surface area contributed by atoms with E-state index in [9.17, 15) is 0 Å². The van der Waals surface area contributed by atoms with Crippen LogP contribution < -0.4 is 0 Å². The van der Waals surface area contributed by atoms with Crippen LogP contribution in [-0.4, -0.2) is 21.3 Å². The van der Waals surface area contributed by atoms with Gasteiger partial charge in [-0.3, -0.25) is 0 Å². The van der Waals surface area contributed by atoms with Crippen LogP contribution in [0.3, 0.4) is 0 Å². The van der Waals surface area contributed by atoms with Crippen molar-refractivity contribution in [3.8, 4) is 0 Å². The second kappa shape index (κ2) is 17.4. The summed E-state index contributed by atoms with van der Waals surface area (Å²) < 4.78 is 17.5. The van der Waals surface area contributed by atoms with Gasteiger partial charge in [0, 0.05) is 0 Å². The van der Waals surface area contributed by atoms with Gasteiger partial charge in [-0.15, -0.1) is 0 Å². The minimum atomic E-state index is -2.84. The molecule has 3 nitrogen and oxygen atoms in total. The molecule has 0 aromatic heterocycles. The first kappa shape index (κ1) is 23.6. The average Bonchev–Trinajstić information content (AvgIpc) is 2.59. The molecule has 0 rings (SSSR count). The van der Waals surface area contributed by atoms with Gasteiger partial charge in [0.1, 0.15) is 0 Å². The number of hydrogen-bond acceptors (Lipinski definition) is 3. The van der Waals surface area contributed by atoms with E-state index in [2.05, 4.69) is 6.92 Å². The van der Waals surface area contributed by atoms with E-state index in [1.807, 2.05) is 0 Å². The van der Waals surface area contributed by atoms with Crippen molar-refractivity contribution in [3.63, 3.8) is 0 Å². The topological polar surface area (TPSA) is 27.7 Å². The van der Waals surface area contributed by atoms with Gasteiger partial charge in [-0.2, -0.15) is 0 Å². The molecule has 0 radical (unpaired) electrons. The zero-order valence-electron chi connectivity index (χ0n) is 16.3. The summed E-state index contributed by atoms with van der Waals surface area (Å²) in [5, 5.41) is 0. The molecule has 0 aliphatic carbocycles. The van der Waals surface area contributed by atoms with Crippen LogP contribution in [0.2, 0.25) is 4.73 Å². The molecule has 0 fully saturated rings. The van der Waals surface area contributed by atoms with Crippen molar-refractivity contribution < 1.29 is 27.7 Å². The van der Waals surface area contributed by atoms with Crippen molar-refractivity contribution >= 4 is 0 Å². The van der Waals surface area contributed by atoms with E-state index in [4.69, 9.17) is 9.96 Å². The molecule has 0 aliphatic rings. The summed E-state index contributed by atoms with van der Waals surface area (Å²) in [5.41, 5.74) is 0. The molecular formula is C19H42O3Ti. The zero-order valence-corrected chi connectivity index (χ0v) is 17.9. The third-order valence-electron chi connectivity index (χ3n) is 4.77. The van der Waals surface area contributed by atoms with Crippen LogP contribution in [0.15, 0.2) is 0 Å². The van der Waals surface area contributed by atoms with Gasteiger partial charge < -0.3 is 0 Å². The Morgan fingerprint density at radius 3 is 1.09 bits per heavy atom. The molecular weight excluding hydrogens is 324 g/mol. The van der Waals surface area contributed by atoms with Crippen LogP contribution in [0.25, 0.3) is 0 Å². The second-order valence-electron chi connectivity index (χ2n) is 6.64. The summed E-state index contributed by atoms with van der Waals surface area (Å²) in [6.45, 7) is 2.28. The van der Waals surface area contributed by atoms with Crippen LogP contribution in [-0.2, 0) is 27.7 Å². The van der Waals surface area contributed by atoms with Gasteiger partial charge in [-0.05, 0) is 0 Å². The van der Waals surface area contributed by atoms with Gasteiger partial charge in [-0.25, -0.2) is 0 Å². The molecule has 0 saturated heterocycles. The standard InChI is InChI=1S/C16H33.3CH3O.Ti/c1-3-5-7-9-11-13-15-16-14-12-10-8-6-4-2;3*1-2;/h1,3-16H2,2H3;3*1H3;/q;3*-1;+3. The summed E-state index contributed by atoms with van der Waals surface area (Å²) in [6, 6.07) is 0. The quantitative estimate of drug-likeness (QED) is 0.199. The SMILES string of the molecule is CCCCCCCCCCCCCCC[CH2][Ti]([O]C)([O]C)[O]C. The molecule has 0 amide bonds. The number of unbranched alkanes of at least 4 members (excludes halogenated alkanes) is 13. The van der Waals surface area contributed by atoms with Crippen LogP contribution in [0.1, 0.15) is 96.8 Å². The van der Waals surface area contributed by atoms with E-state index in [0.29, 0.717) is 0 Å². The monoisotopic (exact) mass is 366 g/mol. The van der Waals surface area contributed by atoms with Crippen molar-refractivity contribution in [1.82, 2.24) is 0 Å². The molecule has 0 bridgehead atoms. The van der Waals surface area contributed by atoms with E-state index >= 15 is 0 Å². The molecule has 0 N–H and O–H groups in total. The molecule has 0 atom stereocenters. The van der Waals surface area contributed by atoms with Gasteiger partial charge in [0.05, 0.1) is 0 Å². The van der Waals surface area contributed by atoms with Crippen molar-refractivity contribution in [2.75, 3.05) is 21.3 Å². The van der Waals surface area contributed by atoms with Crippen LogP contribution in [0.4, 0.5) is 0 Å². The normalized spacial score (nSPS) is 12.0. The molecule has 23 heavy (non-hydrogen) atoms. The summed E-state index contributed by atoms with van der Waals surface area (Å²) in [7, 11) is 5.16. The zero-order chi connectivity index (χ0) is 17.2. The molecule has 0 saturated carbocycles. The van der Waals surface area contributed by atoms with Crippen molar-refractivity contribution in [2.24, 2.45) is 0 Å². The van der Waals surface area contributed by atoms with Crippen LogP contribution >= 0.6 is 0 Å². The van der Waals surface area contributed by atoms with Crippen LogP contribution in [0, 0.1) is 0 Å². The van der Waals surface area contributed by atoms with E-state index in [1.165, 1.54) is 89.9 Å². The maximum atomic E-state index is 5.49. The molecule has 0 aromatic rings. The molecule has 4 heteroatoms. The number of rotatable bonds is 18. The van der Waals surface area contributed by atoms with Crippen molar-refractivity contribution in [1.29, 1.82) is 0 Å². The molecule has 0 heterocycles. The number of hydrogen-bond donors (Lipinski definition) is 0. The average molecular weight is 366 g/mol. The fourth-order valence-corrected chi connectivity index (χ4v) is 5.90. The Morgan fingerprint density at radius 1 is 0.478 bits per heavy atom. The van der Waals surface area contributed by atoms with Gasteiger partial charge in [0.2, 0.25) is 0 Å². The summed E-state index contributed by atoms with van der Waals surface area (Å²) in [4.78, 5) is 0. The van der Waals surface area contributed by atoms with Gasteiger partial charge in [-0.1, -0.05) is 26.2 Å². The predicted octanol–water partition coefficient (Wildman–Crippen LogP) is 6.72. The minimum absolute atomic E-state index is 0.988. The Hall–Kier alpha value is 0.594. The van der Waals surface area contributed by atoms with Crippen molar-refractivity contribution in [2.45, 2.75) is 102 Å². The molecule has 0 aliphatic heterocycles. The van der Waals surface area contributed by atoms with Gasteiger partial charge >= 0.3 is 124 Å². The first-order chi connectivity index (χ1) is 11.2. The molecule has 0 unspecified atom stereocenters. The third-order valence-corrected chi connectivity index (χ3v) is 9.19. The van der Waals surface area contributed by atoms with Gasteiger partial charge in [0.15, 0.2) is 0 Å². The first-order valence-electron chi connectivity index (χ1n) is 9.90. The summed E-state index contributed by atoms with van der Waals surface area (Å²) in [5.74, 6) is 0. The Morgan fingerprint density at radius 2 is 0.783 bits per heavy atom.